The largest absolute Gasteiger partial charge is 0.316 e. The summed E-state index contributed by atoms with van der Waals surface area (Å²) in [6.07, 6.45) is 12.5. The van der Waals surface area contributed by atoms with Gasteiger partial charge in [0.25, 0.3) is 0 Å². The molecular weight excluding hydrogens is 498 g/mol. The molecule has 4 saturated carbocycles. The van der Waals surface area contributed by atoms with E-state index in [9.17, 15) is 10.1 Å². The molecule has 2 aromatic rings. The normalized spacial score (nSPS) is 30.2. The van der Waals surface area contributed by atoms with Crippen molar-refractivity contribution < 1.29 is 4.79 Å². The molecule has 0 radical (unpaired) electrons. The Bertz CT molecular complexity index is 1210. The number of carbonyl (C=O) groups excluding carboxylic acids is 1. The van der Waals surface area contributed by atoms with Crippen molar-refractivity contribution in [3.05, 3.63) is 21.8 Å². The first-order valence-corrected chi connectivity index (χ1v) is 15.8. The van der Waals surface area contributed by atoms with E-state index >= 15 is 0 Å². The van der Waals surface area contributed by atoms with Crippen molar-refractivity contribution in [3.63, 3.8) is 0 Å². The van der Waals surface area contributed by atoms with Gasteiger partial charge in [0.15, 0.2) is 5.16 Å². The first-order valence-electron chi connectivity index (χ1n) is 14.0. The number of aromatic nitrogens is 3. The standard InChI is InChI=1S/C29H39N5OS2/c1-28(2,3)20-5-6-21-22(15-30)26(37-23(21)10-20)31-25(35)16-36-27-33-32-24(34(27)4)14-29-11-17-7-18(12-29)9-19(8-17)13-29/h17-20H,5-14,16H2,1-4H3,(H,31,35). The van der Waals surface area contributed by atoms with E-state index in [1.165, 1.54) is 55.2 Å². The van der Waals surface area contributed by atoms with Gasteiger partial charge in [0.1, 0.15) is 16.9 Å². The minimum atomic E-state index is -0.0851. The minimum Gasteiger partial charge on any atom is -0.316 e. The van der Waals surface area contributed by atoms with Gasteiger partial charge in [0, 0.05) is 18.3 Å². The van der Waals surface area contributed by atoms with Crippen LogP contribution in [0.2, 0.25) is 0 Å². The molecule has 6 nitrogen and oxygen atoms in total. The predicted octanol–water partition coefficient (Wildman–Crippen LogP) is 6.39. The van der Waals surface area contributed by atoms with E-state index in [1.54, 1.807) is 11.3 Å². The summed E-state index contributed by atoms with van der Waals surface area (Å²) in [4.78, 5) is 14.2. The van der Waals surface area contributed by atoms with Crippen LogP contribution in [-0.2, 0) is 31.1 Å². The zero-order valence-corrected chi connectivity index (χ0v) is 24.2. The van der Waals surface area contributed by atoms with Crippen molar-refractivity contribution in [2.45, 2.75) is 90.1 Å². The summed E-state index contributed by atoms with van der Waals surface area (Å²) in [6, 6.07) is 2.37. The first-order chi connectivity index (χ1) is 17.6. The maximum atomic E-state index is 12.9. The zero-order valence-electron chi connectivity index (χ0n) is 22.6. The Kier molecular flexibility index (Phi) is 6.47. The summed E-state index contributed by atoms with van der Waals surface area (Å²) in [6.45, 7) is 6.88. The third-order valence-corrected chi connectivity index (χ3v) is 12.0. The van der Waals surface area contributed by atoms with E-state index in [0.29, 0.717) is 21.9 Å². The lowest BCUT2D eigenvalue weighted by Gasteiger charge is -2.56. The van der Waals surface area contributed by atoms with Gasteiger partial charge < -0.3 is 9.88 Å². The van der Waals surface area contributed by atoms with Crippen molar-refractivity contribution in [3.8, 4) is 6.07 Å². The fourth-order valence-corrected chi connectivity index (χ4v) is 10.3. The Hall–Kier alpha value is -1.85. The molecule has 1 atom stereocenters. The fraction of sp³-hybridized carbons (Fsp3) is 0.724. The van der Waals surface area contributed by atoms with E-state index in [4.69, 9.17) is 0 Å². The Labute approximate surface area is 229 Å². The van der Waals surface area contributed by atoms with E-state index in [0.717, 1.165) is 60.0 Å². The molecule has 2 aromatic heterocycles. The lowest BCUT2D eigenvalue weighted by Crippen LogP contribution is -2.47. The van der Waals surface area contributed by atoms with Crippen LogP contribution in [-0.4, -0.2) is 26.4 Å². The van der Waals surface area contributed by atoms with Crippen LogP contribution in [0.25, 0.3) is 0 Å². The Morgan fingerprint density at radius 1 is 1.19 bits per heavy atom. The number of anilines is 1. The third kappa shape index (κ3) is 4.87. The summed E-state index contributed by atoms with van der Waals surface area (Å²) in [5.41, 5.74) is 2.49. The van der Waals surface area contributed by atoms with E-state index in [-0.39, 0.29) is 17.1 Å². The van der Waals surface area contributed by atoms with Gasteiger partial charge in [-0.1, -0.05) is 32.5 Å². The maximum Gasteiger partial charge on any atom is 0.235 e. The van der Waals surface area contributed by atoms with Gasteiger partial charge >= 0.3 is 0 Å². The van der Waals surface area contributed by atoms with Gasteiger partial charge in [-0.3, -0.25) is 4.79 Å². The van der Waals surface area contributed by atoms with Gasteiger partial charge in [-0.15, -0.1) is 21.5 Å². The van der Waals surface area contributed by atoms with Crippen LogP contribution in [0, 0.1) is 45.8 Å². The van der Waals surface area contributed by atoms with Crippen molar-refractivity contribution in [2.75, 3.05) is 11.1 Å². The van der Waals surface area contributed by atoms with Crippen LogP contribution in [0.3, 0.4) is 0 Å². The number of hydrogen-bond donors (Lipinski definition) is 1. The zero-order chi connectivity index (χ0) is 25.9. The number of thiophene rings is 1. The number of thioether (sulfide) groups is 1. The SMILES string of the molecule is Cn1c(CC23CC4CC(CC(C4)C2)C3)nnc1SCC(=O)Nc1sc2c(c1C#N)CCC(C(C)(C)C)C2. The molecule has 198 valence electrons. The second-order valence-corrected chi connectivity index (χ2v) is 15.6. The van der Waals surface area contributed by atoms with Crippen LogP contribution < -0.4 is 5.32 Å². The van der Waals surface area contributed by atoms with Crippen LogP contribution in [0.4, 0.5) is 5.00 Å². The summed E-state index contributed by atoms with van der Waals surface area (Å²) >= 11 is 3.04. The Morgan fingerprint density at radius 2 is 1.86 bits per heavy atom. The second-order valence-electron chi connectivity index (χ2n) is 13.5. The molecule has 7 rings (SSSR count). The minimum absolute atomic E-state index is 0.0851. The molecule has 0 aliphatic heterocycles. The molecule has 5 aliphatic carbocycles. The molecule has 5 aliphatic rings. The highest BCUT2D eigenvalue weighted by atomic mass is 32.2. The quantitative estimate of drug-likeness (QED) is 0.432. The van der Waals surface area contributed by atoms with Crippen molar-refractivity contribution in [2.24, 2.45) is 41.5 Å². The number of carbonyl (C=O) groups is 1. The Balaban J connectivity index is 1.08. The van der Waals surface area contributed by atoms with Gasteiger partial charge in [0.2, 0.25) is 5.91 Å². The molecular formula is C29H39N5OS2. The molecule has 37 heavy (non-hydrogen) atoms. The highest BCUT2D eigenvalue weighted by Crippen LogP contribution is 2.61. The summed E-state index contributed by atoms with van der Waals surface area (Å²) in [5.74, 6) is 4.64. The molecule has 1 unspecified atom stereocenters. The van der Waals surface area contributed by atoms with Gasteiger partial charge in [-0.2, -0.15) is 5.26 Å². The highest BCUT2D eigenvalue weighted by Gasteiger charge is 2.51. The first kappa shape index (κ1) is 25.4. The molecule has 2 heterocycles. The number of nitrogens with one attached hydrogen (secondary N) is 1. The van der Waals surface area contributed by atoms with Gasteiger partial charge in [0.05, 0.1) is 11.3 Å². The Morgan fingerprint density at radius 3 is 2.49 bits per heavy atom. The molecule has 0 aromatic carbocycles. The van der Waals surface area contributed by atoms with E-state index in [2.05, 4.69) is 46.9 Å². The summed E-state index contributed by atoms with van der Waals surface area (Å²) in [7, 11) is 2.04. The molecule has 1 N–H and O–H groups in total. The van der Waals surface area contributed by atoms with Gasteiger partial charge in [-0.25, -0.2) is 0 Å². The molecule has 8 heteroatoms. The average Bonchev–Trinajstić information content (AvgIpc) is 3.34. The number of amides is 1. The highest BCUT2D eigenvalue weighted by molar-refractivity contribution is 7.99. The average molecular weight is 538 g/mol. The maximum absolute atomic E-state index is 12.9. The number of rotatable bonds is 6. The van der Waals surface area contributed by atoms with Crippen LogP contribution in [0.5, 0.6) is 0 Å². The predicted molar refractivity (Wildman–Crippen MR) is 149 cm³/mol. The molecule has 1 amide bonds. The lowest BCUT2D eigenvalue weighted by atomic mass is 9.49. The van der Waals surface area contributed by atoms with Crippen molar-refractivity contribution in [1.82, 2.24) is 14.8 Å². The van der Waals surface area contributed by atoms with E-state index < -0.39 is 0 Å². The van der Waals surface area contributed by atoms with Crippen molar-refractivity contribution in [1.29, 1.82) is 5.26 Å². The third-order valence-electron chi connectivity index (χ3n) is 9.81. The van der Waals surface area contributed by atoms with Crippen molar-refractivity contribution >= 4 is 34.0 Å². The number of nitrogens with zero attached hydrogens (tertiary/aromatic N) is 4. The number of hydrogen-bond acceptors (Lipinski definition) is 6. The molecule has 4 fully saturated rings. The summed E-state index contributed by atoms with van der Waals surface area (Å²) in [5, 5.41) is 23.4. The molecule has 0 spiro atoms. The summed E-state index contributed by atoms with van der Waals surface area (Å²) < 4.78 is 2.10. The number of fused-ring (bicyclic) bond motifs is 1. The van der Waals surface area contributed by atoms with Crippen LogP contribution in [0.15, 0.2) is 5.16 Å². The number of nitriles is 1. The molecule has 4 bridgehead atoms. The topological polar surface area (TPSA) is 83.6 Å². The monoisotopic (exact) mass is 537 g/mol. The van der Waals surface area contributed by atoms with E-state index in [1.807, 2.05) is 7.05 Å². The molecule has 0 saturated heterocycles. The van der Waals surface area contributed by atoms with Crippen LogP contribution in [0.1, 0.15) is 87.5 Å². The lowest BCUT2D eigenvalue weighted by molar-refractivity contribution is -0.113. The fourth-order valence-electron chi connectivity index (χ4n) is 8.29. The van der Waals surface area contributed by atoms with Gasteiger partial charge in [-0.05, 0) is 97.9 Å². The smallest absolute Gasteiger partial charge is 0.235 e. The second kappa shape index (κ2) is 9.41. The van der Waals surface area contributed by atoms with Crippen LogP contribution >= 0.6 is 23.1 Å².